The highest BCUT2D eigenvalue weighted by Gasteiger charge is 2.31. The second-order valence-corrected chi connectivity index (χ2v) is 8.53. The quantitative estimate of drug-likeness (QED) is 0.538. The van der Waals surface area contributed by atoms with Gasteiger partial charge in [-0.1, -0.05) is 12.1 Å². The van der Waals surface area contributed by atoms with Crippen LogP contribution >= 0.6 is 0 Å². The Morgan fingerprint density at radius 3 is 2.46 bits per heavy atom. The van der Waals surface area contributed by atoms with Crippen molar-refractivity contribution in [3.63, 3.8) is 0 Å². The second kappa shape index (κ2) is 10.3. The zero-order valence-electron chi connectivity index (χ0n) is 20.2. The van der Waals surface area contributed by atoms with Crippen molar-refractivity contribution in [2.75, 3.05) is 18.5 Å². The van der Waals surface area contributed by atoms with Crippen molar-refractivity contribution >= 4 is 11.9 Å². The minimum Gasteiger partial charge on any atom is -0.408 e. The van der Waals surface area contributed by atoms with Gasteiger partial charge in [0.15, 0.2) is 0 Å². The van der Waals surface area contributed by atoms with Crippen molar-refractivity contribution in [3.8, 4) is 6.07 Å². The molecule has 0 saturated heterocycles. The molecule has 8 nitrogen and oxygen atoms in total. The molecular formula is C26H24F3N5O3. The highest BCUT2D eigenvalue weighted by Crippen LogP contribution is 2.30. The molecular weight excluding hydrogens is 487 g/mol. The van der Waals surface area contributed by atoms with E-state index in [1.165, 1.54) is 12.1 Å². The smallest absolute Gasteiger partial charge is 0.408 e. The Morgan fingerprint density at radius 1 is 1.19 bits per heavy atom. The van der Waals surface area contributed by atoms with Gasteiger partial charge in [-0.25, -0.2) is 4.98 Å². The van der Waals surface area contributed by atoms with E-state index in [0.717, 1.165) is 16.9 Å². The Labute approximate surface area is 210 Å². The minimum absolute atomic E-state index is 0.0435. The Bertz CT molecular complexity index is 1390. The van der Waals surface area contributed by atoms with Crippen LogP contribution in [0, 0.1) is 11.3 Å². The number of nitriles is 1. The zero-order valence-corrected chi connectivity index (χ0v) is 20.2. The summed E-state index contributed by atoms with van der Waals surface area (Å²) in [6.07, 6.45) is -4.09. The van der Waals surface area contributed by atoms with E-state index >= 15 is 0 Å². The molecule has 1 aliphatic heterocycles. The average molecular weight is 512 g/mol. The number of anilines is 1. The molecule has 2 aromatic carbocycles. The van der Waals surface area contributed by atoms with Crippen LogP contribution in [-0.2, 0) is 19.1 Å². The first-order chi connectivity index (χ1) is 17.6. The summed E-state index contributed by atoms with van der Waals surface area (Å²) in [5.41, 5.74) is 1.05. The summed E-state index contributed by atoms with van der Waals surface area (Å²) in [7, 11) is 0. The van der Waals surface area contributed by atoms with Gasteiger partial charge in [0, 0.05) is 18.5 Å². The molecule has 192 valence electrons. The van der Waals surface area contributed by atoms with Crippen molar-refractivity contribution in [1.29, 1.82) is 5.26 Å². The van der Waals surface area contributed by atoms with Crippen LogP contribution in [0.2, 0.25) is 0 Å². The number of hydrogen-bond donors (Lipinski definition) is 1. The standard InChI is InChI=1S/C26H24F3N5O3/c1-3-37-34-24(36)21-15-33(23(35)19-6-4-17(14-30)5-7-19)13-12-22(21)32-25(34)31-16(2)18-8-10-20(11-9-18)26(27,28)29/h4-11,16H,3,12-13,15H2,1-2H3,(H,31,32)/t16-/m1/s1. The number of halogens is 3. The monoisotopic (exact) mass is 511 g/mol. The SMILES string of the molecule is CCOn1c(N[C@H](C)c2ccc(C(F)(F)F)cc2)nc2c(c1=O)CN(C(=O)c1ccc(C#N)cc1)CC2. The van der Waals surface area contributed by atoms with Gasteiger partial charge in [0.1, 0.15) is 6.61 Å². The van der Waals surface area contributed by atoms with Crippen molar-refractivity contribution in [1.82, 2.24) is 14.6 Å². The third-order valence-corrected chi connectivity index (χ3v) is 6.08. The first kappa shape index (κ1) is 25.8. The fraction of sp³-hybridized carbons (Fsp3) is 0.308. The maximum Gasteiger partial charge on any atom is 0.416 e. The molecule has 37 heavy (non-hydrogen) atoms. The van der Waals surface area contributed by atoms with Gasteiger partial charge in [-0.3, -0.25) is 9.59 Å². The maximum absolute atomic E-state index is 13.3. The highest BCUT2D eigenvalue weighted by molar-refractivity contribution is 5.94. The third-order valence-electron chi connectivity index (χ3n) is 6.08. The molecule has 0 spiro atoms. The zero-order chi connectivity index (χ0) is 26.7. The number of fused-ring (bicyclic) bond motifs is 1. The van der Waals surface area contributed by atoms with Crippen LogP contribution in [-0.4, -0.2) is 33.7 Å². The van der Waals surface area contributed by atoms with E-state index < -0.39 is 23.3 Å². The number of hydrogen-bond acceptors (Lipinski definition) is 6. The molecule has 11 heteroatoms. The summed E-state index contributed by atoms with van der Waals surface area (Å²) < 4.78 is 39.7. The molecule has 1 amide bonds. The molecule has 0 unspecified atom stereocenters. The Morgan fingerprint density at radius 2 is 1.86 bits per heavy atom. The number of nitrogens with one attached hydrogen (secondary N) is 1. The molecule has 0 radical (unpaired) electrons. The van der Waals surface area contributed by atoms with E-state index in [9.17, 15) is 22.8 Å². The largest absolute Gasteiger partial charge is 0.416 e. The number of benzene rings is 2. The first-order valence-corrected chi connectivity index (χ1v) is 11.6. The van der Waals surface area contributed by atoms with Crippen LogP contribution in [0.4, 0.5) is 19.1 Å². The number of alkyl halides is 3. The van der Waals surface area contributed by atoms with Crippen LogP contribution in [0.1, 0.15) is 58.2 Å². The summed E-state index contributed by atoms with van der Waals surface area (Å²) >= 11 is 0. The molecule has 0 bridgehead atoms. The topological polar surface area (TPSA) is 100 Å². The Kier molecular flexibility index (Phi) is 7.20. The molecule has 1 N–H and O–H groups in total. The first-order valence-electron chi connectivity index (χ1n) is 11.6. The lowest BCUT2D eigenvalue weighted by Crippen LogP contribution is -2.43. The van der Waals surface area contributed by atoms with E-state index in [1.54, 1.807) is 43.0 Å². The van der Waals surface area contributed by atoms with Crippen LogP contribution in [0.25, 0.3) is 0 Å². The normalized spacial score (nSPS) is 13.9. The molecule has 2 heterocycles. The van der Waals surface area contributed by atoms with E-state index in [-0.39, 0.29) is 25.0 Å². The highest BCUT2D eigenvalue weighted by atomic mass is 19.4. The number of aromatic nitrogens is 2. The molecule has 1 aliphatic rings. The summed E-state index contributed by atoms with van der Waals surface area (Å²) in [5, 5.41) is 12.0. The van der Waals surface area contributed by atoms with E-state index in [0.29, 0.717) is 40.9 Å². The van der Waals surface area contributed by atoms with Crippen molar-refractivity contribution in [2.45, 2.75) is 39.0 Å². The summed E-state index contributed by atoms with van der Waals surface area (Å²) in [5.74, 6) is -0.138. The molecule has 0 aliphatic carbocycles. The molecule has 0 fully saturated rings. The number of carbonyl (C=O) groups is 1. The number of carbonyl (C=O) groups excluding carboxylic acids is 1. The van der Waals surface area contributed by atoms with E-state index in [2.05, 4.69) is 10.3 Å². The lowest BCUT2D eigenvalue weighted by molar-refractivity contribution is -0.137. The fourth-order valence-electron chi connectivity index (χ4n) is 4.08. The number of nitrogens with zero attached hydrogens (tertiary/aromatic N) is 4. The average Bonchev–Trinajstić information content (AvgIpc) is 2.90. The van der Waals surface area contributed by atoms with Gasteiger partial charge < -0.3 is 15.1 Å². The second-order valence-electron chi connectivity index (χ2n) is 8.53. The number of rotatable bonds is 6. The van der Waals surface area contributed by atoms with Crippen LogP contribution in [0.3, 0.4) is 0 Å². The van der Waals surface area contributed by atoms with Crippen LogP contribution in [0.5, 0.6) is 0 Å². The summed E-state index contributed by atoms with van der Waals surface area (Å²) in [6.45, 7) is 3.99. The van der Waals surface area contributed by atoms with Crippen molar-refractivity contribution in [2.24, 2.45) is 0 Å². The van der Waals surface area contributed by atoms with Crippen LogP contribution < -0.4 is 15.7 Å². The Hall–Kier alpha value is -4.33. The van der Waals surface area contributed by atoms with E-state index in [1.807, 2.05) is 6.07 Å². The predicted octanol–water partition coefficient (Wildman–Crippen LogP) is 3.95. The lowest BCUT2D eigenvalue weighted by Gasteiger charge is -2.29. The van der Waals surface area contributed by atoms with Gasteiger partial charge in [-0.15, -0.1) is 4.73 Å². The maximum atomic E-state index is 13.3. The van der Waals surface area contributed by atoms with Gasteiger partial charge in [-0.05, 0) is 55.8 Å². The molecule has 1 atom stereocenters. The van der Waals surface area contributed by atoms with Gasteiger partial charge in [0.25, 0.3) is 11.5 Å². The minimum atomic E-state index is -4.43. The van der Waals surface area contributed by atoms with Gasteiger partial charge in [-0.2, -0.15) is 18.4 Å². The van der Waals surface area contributed by atoms with Crippen molar-refractivity contribution in [3.05, 3.63) is 92.4 Å². The summed E-state index contributed by atoms with van der Waals surface area (Å²) in [6, 6.07) is 12.5. The fourth-order valence-corrected chi connectivity index (χ4v) is 4.08. The molecule has 3 aromatic rings. The molecule has 1 aromatic heterocycles. The van der Waals surface area contributed by atoms with Crippen molar-refractivity contribution < 1.29 is 22.8 Å². The number of amides is 1. The van der Waals surface area contributed by atoms with Gasteiger partial charge >= 0.3 is 6.18 Å². The molecule has 0 saturated carbocycles. The van der Waals surface area contributed by atoms with Crippen LogP contribution in [0.15, 0.2) is 53.3 Å². The lowest BCUT2D eigenvalue weighted by atomic mass is 10.0. The summed E-state index contributed by atoms with van der Waals surface area (Å²) in [4.78, 5) is 38.0. The Balaban J connectivity index is 1.58. The van der Waals surface area contributed by atoms with Gasteiger partial charge in [0.2, 0.25) is 5.95 Å². The van der Waals surface area contributed by atoms with E-state index in [4.69, 9.17) is 10.1 Å². The third kappa shape index (κ3) is 5.43. The van der Waals surface area contributed by atoms with Gasteiger partial charge in [0.05, 0.1) is 41.0 Å². The molecule has 4 rings (SSSR count). The predicted molar refractivity (Wildman–Crippen MR) is 129 cm³/mol.